The maximum Gasteiger partial charge on any atom is 0.323 e. The lowest BCUT2D eigenvalue weighted by Crippen LogP contribution is -2.30. The van der Waals surface area contributed by atoms with Gasteiger partial charge in [-0.25, -0.2) is 0 Å². The van der Waals surface area contributed by atoms with E-state index in [9.17, 15) is 9.59 Å². The van der Waals surface area contributed by atoms with Crippen molar-refractivity contribution in [2.45, 2.75) is 0 Å². The molecule has 0 saturated heterocycles. The SMILES string of the molecule is COc1cccc(/C=C/C(=O)N(C)CC(=O)O)c1. The minimum absolute atomic E-state index is 0.318. The van der Waals surface area contributed by atoms with Gasteiger partial charge in [-0.15, -0.1) is 0 Å². The molecule has 1 aromatic carbocycles. The topological polar surface area (TPSA) is 66.8 Å². The van der Waals surface area contributed by atoms with Crippen LogP contribution in [0, 0.1) is 0 Å². The van der Waals surface area contributed by atoms with E-state index in [1.165, 1.54) is 13.1 Å². The Bertz CT molecular complexity index is 468. The molecule has 1 N–H and O–H groups in total. The zero-order valence-electron chi connectivity index (χ0n) is 10.3. The Labute approximate surface area is 105 Å². The fraction of sp³-hybridized carbons (Fsp3) is 0.231. The molecule has 1 amide bonds. The molecule has 5 nitrogen and oxygen atoms in total. The van der Waals surface area contributed by atoms with Gasteiger partial charge in [0.05, 0.1) is 7.11 Å². The second kappa shape index (κ2) is 6.44. The summed E-state index contributed by atoms with van der Waals surface area (Å²) in [4.78, 5) is 23.1. The Morgan fingerprint density at radius 2 is 2.17 bits per heavy atom. The molecular weight excluding hydrogens is 234 g/mol. The minimum atomic E-state index is -1.04. The van der Waals surface area contributed by atoms with Crippen LogP contribution in [0.2, 0.25) is 0 Å². The highest BCUT2D eigenvalue weighted by atomic mass is 16.5. The van der Waals surface area contributed by atoms with Crippen molar-refractivity contribution in [1.29, 1.82) is 0 Å². The smallest absolute Gasteiger partial charge is 0.323 e. The lowest BCUT2D eigenvalue weighted by Gasteiger charge is -2.11. The van der Waals surface area contributed by atoms with Crippen LogP contribution in [0.3, 0.4) is 0 Å². The van der Waals surface area contributed by atoms with Gasteiger partial charge < -0.3 is 14.7 Å². The summed E-state index contributed by atoms with van der Waals surface area (Å²) < 4.78 is 5.05. The standard InChI is InChI=1S/C13H15NO4/c1-14(9-13(16)17)12(15)7-6-10-4-3-5-11(8-10)18-2/h3-8H,9H2,1-2H3,(H,16,17)/b7-6+. The maximum absolute atomic E-state index is 11.6. The largest absolute Gasteiger partial charge is 0.497 e. The van der Waals surface area contributed by atoms with E-state index in [1.807, 2.05) is 12.1 Å². The second-order valence-corrected chi connectivity index (χ2v) is 3.70. The molecule has 0 bridgehead atoms. The number of hydrogen-bond donors (Lipinski definition) is 1. The first-order valence-corrected chi connectivity index (χ1v) is 5.32. The zero-order valence-corrected chi connectivity index (χ0v) is 10.3. The molecule has 1 rings (SSSR count). The number of likely N-dealkylation sites (N-methyl/N-ethyl adjacent to an activating group) is 1. The molecule has 18 heavy (non-hydrogen) atoms. The number of nitrogens with zero attached hydrogens (tertiary/aromatic N) is 1. The molecule has 0 atom stereocenters. The minimum Gasteiger partial charge on any atom is -0.497 e. The predicted molar refractivity (Wildman–Crippen MR) is 67.3 cm³/mol. The third kappa shape index (κ3) is 4.29. The fourth-order valence-electron chi connectivity index (χ4n) is 1.32. The van der Waals surface area contributed by atoms with Gasteiger partial charge in [0.1, 0.15) is 12.3 Å². The summed E-state index contributed by atoms with van der Waals surface area (Å²) in [5, 5.41) is 8.55. The summed E-state index contributed by atoms with van der Waals surface area (Å²) in [6, 6.07) is 7.21. The number of carboxylic acid groups (broad SMARTS) is 1. The normalized spacial score (nSPS) is 10.3. The summed E-state index contributed by atoms with van der Waals surface area (Å²) in [6.07, 6.45) is 2.95. The summed E-state index contributed by atoms with van der Waals surface area (Å²) in [5.41, 5.74) is 0.812. The average Bonchev–Trinajstić information content (AvgIpc) is 2.35. The predicted octanol–water partition coefficient (Wildman–Crippen LogP) is 1.25. The lowest BCUT2D eigenvalue weighted by atomic mass is 10.2. The molecule has 0 unspecified atom stereocenters. The van der Waals surface area contributed by atoms with Crippen molar-refractivity contribution in [3.63, 3.8) is 0 Å². The summed E-state index contributed by atoms with van der Waals surface area (Å²) in [6.45, 7) is -0.318. The van der Waals surface area contributed by atoms with E-state index in [0.717, 1.165) is 10.5 Å². The number of carboxylic acids is 1. The van der Waals surface area contributed by atoms with Gasteiger partial charge in [0.25, 0.3) is 0 Å². The van der Waals surface area contributed by atoms with Crippen LogP contribution in [0.15, 0.2) is 30.3 Å². The highest BCUT2D eigenvalue weighted by molar-refractivity contribution is 5.93. The Kier molecular flexibility index (Phi) is 4.92. The van der Waals surface area contributed by atoms with Crippen LogP contribution < -0.4 is 4.74 Å². The second-order valence-electron chi connectivity index (χ2n) is 3.70. The van der Waals surface area contributed by atoms with Gasteiger partial charge in [-0.2, -0.15) is 0 Å². The van der Waals surface area contributed by atoms with Gasteiger partial charge in [-0.3, -0.25) is 9.59 Å². The molecular formula is C13H15NO4. The number of amides is 1. The van der Waals surface area contributed by atoms with Gasteiger partial charge in [0.15, 0.2) is 0 Å². The Morgan fingerprint density at radius 1 is 1.44 bits per heavy atom. The average molecular weight is 249 g/mol. The monoisotopic (exact) mass is 249 g/mol. The summed E-state index contributed by atoms with van der Waals surface area (Å²) >= 11 is 0. The lowest BCUT2D eigenvalue weighted by molar-refractivity contribution is -0.141. The molecule has 0 heterocycles. The number of hydrogen-bond acceptors (Lipinski definition) is 3. The van der Waals surface area contributed by atoms with Crippen LogP contribution in [0.1, 0.15) is 5.56 Å². The van der Waals surface area contributed by atoms with Crippen molar-refractivity contribution in [2.75, 3.05) is 20.7 Å². The van der Waals surface area contributed by atoms with E-state index in [0.29, 0.717) is 5.75 Å². The van der Waals surface area contributed by atoms with Crippen LogP contribution in [0.4, 0.5) is 0 Å². The summed E-state index contributed by atoms with van der Waals surface area (Å²) in [5.74, 6) is -0.704. The molecule has 0 radical (unpaired) electrons. The van der Waals surface area contributed by atoms with Gasteiger partial charge in [-0.1, -0.05) is 12.1 Å². The van der Waals surface area contributed by atoms with Crippen molar-refractivity contribution < 1.29 is 19.4 Å². The van der Waals surface area contributed by atoms with Crippen molar-refractivity contribution in [3.8, 4) is 5.75 Å². The number of benzene rings is 1. The van der Waals surface area contributed by atoms with Crippen molar-refractivity contribution >= 4 is 18.0 Å². The first kappa shape index (κ1) is 13.8. The highest BCUT2D eigenvalue weighted by Crippen LogP contribution is 2.13. The number of rotatable bonds is 5. The Balaban J connectivity index is 2.68. The molecule has 0 aliphatic heterocycles. The number of carbonyl (C=O) groups is 2. The first-order valence-electron chi connectivity index (χ1n) is 5.32. The van der Waals surface area contributed by atoms with E-state index < -0.39 is 5.97 Å². The Morgan fingerprint density at radius 3 is 2.78 bits per heavy atom. The van der Waals surface area contributed by atoms with Crippen molar-refractivity contribution in [2.24, 2.45) is 0 Å². The van der Waals surface area contributed by atoms with E-state index in [2.05, 4.69) is 0 Å². The third-order valence-corrected chi connectivity index (χ3v) is 2.26. The highest BCUT2D eigenvalue weighted by Gasteiger charge is 2.08. The summed E-state index contributed by atoms with van der Waals surface area (Å²) in [7, 11) is 3.00. The zero-order chi connectivity index (χ0) is 13.5. The molecule has 0 aliphatic carbocycles. The fourth-order valence-corrected chi connectivity index (χ4v) is 1.32. The van der Waals surface area contributed by atoms with Crippen LogP contribution in [-0.4, -0.2) is 42.6 Å². The van der Waals surface area contributed by atoms with Gasteiger partial charge in [0, 0.05) is 13.1 Å². The molecule has 0 saturated carbocycles. The number of ether oxygens (including phenoxy) is 1. The number of carbonyl (C=O) groups excluding carboxylic acids is 1. The van der Waals surface area contributed by atoms with E-state index in [1.54, 1.807) is 25.3 Å². The van der Waals surface area contributed by atoms with Crippen molar-refractivity contribution in [1.82, 2.24) is 4.90 Å². The van der Waals surface area contributed by atoms with Crippen molar-refractivity contribution in [3.05, 3.63) is 35.9 Å². The molecule has 0 spiro atoms. The van der Waals surface area contributed by atoms with E-state index in [-0.39, 0.29) is 12.5 Å². The van der Waals surface area contributed by atoms with Gasteiger partial charge in [0.2, 0.25) is 5.91 Å². The molecule has 0 fully saturated rings. The van der Waals surface area contributed by atoms with Crippen LogP contribution in [-0.2, 0) is 9.59 Å². The van der Waals surface area contributed by atoms with E-state index >= 15 is 0 Å². The molecule has 96 valence electrons. The number of methoxy groups -OCH3 is 1. The van der Waals surface area contributed by atoms with Crippen LogP contribution in [0.25, 0.3) is 6.08 Å². The maximum atomic E-state index is 11.6. The van der Waals surface area contributed by atoms with Gasteiger partial charge >= 0.3 is 5.97 Å². The molecule has 1 aromatic rings. The van der Waals surface area contributed by atoms with Crippen LogP contribution >= 0.6 is 0 Å². The quantitative estimate of drug-likeness (QED) is 0.797. The molecule has 5 heteroatoms. The number of aliphatic carboxylic acids is 1. The Hall–Kier alpha value is -2.30. The first-order chi connectivity index (χ1) is 8.52. The third-order valence-electron chi connectivity index (χ3n) is 2.26. The van der Waals surface area contributed by atoms with E-state index in [4.69, 9.17) is 9.84 Å². The molecule has 0 aliphatic rings. The van der Waals surface area contributed by atoms with Gasteiger partial charge in [-0.05, 0) is 23.8 Å². The molecule has 0 aromatic heterocycles. The van der Waals surface area contributed by atoms with Crippen LogP contribution in [0.5, 0.6) is 5.75 Å².